The lowest BCUT2D eigenvalue weighted by Crippen LogP contribution is -2.16. The molecule has 0 aliphatic heterocycles. The fourth-order valence-corrected chi connectivity index (χ4v) is 3.89. The highest BCUT2D eigenvalue weighted by Gasteiger charge is 2.33. The average Bonchev–Trinajstić information content (AvgIpc) is 2.85. The Kier molecular flexibility index (Phi) is 2.44. The van der Waals surface area contributed by atoms with Gasteiger partial charge in [-0.1, -0.05) is 62.4 Å². The van der Waals surface area contributed by atoms with E-state index < -0.39 is 0 Å². The maximum Gasteiger partial charge on any atom is -0.00718 e. The van der Waals surface area contributed by atoms with Gasteiger partial charge >= 0.3 is 0 Å². The second-order valence-corrected chi connectivity index (χ2v) is 6.39. The second-order valence-electron chi connectivity index (χ2n) is 6.39. The number of rotatable bonds is 1. The van der Waals surface area contributed by atoms with E-state index in [4.69, 9.17) is 0 Å². The van der Waals surface area contributed by atoms with Crippen LogP contribution < -0.4 is 0 Å². The molecule has 1 aliphatic rings. The van der Waals surface area contributed by atoms with Crippen molar-refractivity contribution in [1.82, 2.24) is 0 Å². The molecule has 100 valence electrons. The van der Waals surface area contributed by atoms with Crippen LogP contribution in [0.2, 0.25) is 0 Å². The van der Waals surface area contributed by atoms with E-state index >= 15 is 0 Å². The van der Waals surface area contributed by atoms with Gasteiger partial charge in [-0.15, -0.1) is 0 Å². The van der Waals surface area contributed by atoms with E-state index in [1.54, 1.807) is 11.1 Å². The molecule has 0 bridgehead atoms. The topological polar surface area (TPSA) is 0 Å². The fraction of sp³-hybridized carbons (Fsp3) is 0.300. The van der Waals surface area contributed by atoms with Crippen LogP contribution in [0.15, 0.2) is 48.5 Å². The van der Waals surface area contributed by atoms with Crippen LogP contribution in [0.3, 0.4) is 0 Å². The Morgan fingerprint density at radius 3 is 2.55 bits per heavy atom. The van der Waals surface area contributed by atoms with Gasteiger partial charge in [-0.2, -0.15) is 0 Å². The van der Waals surface area contributed by atoms with Crippen LogP contribution in [0, 0.1) is 0 Å². The summed E-state index contributed by atoms with van der Waals surface area (Å²) >= 11 is 0. The van der Waals surface area contributed by atoms with Crippen molar-refractivity contribution in [3.63, 3.8) is 0 Å². The van der Waals surface area contributed by atoms with Gasteiger partial charge < -0.3 is 0 Å². The third kappa shape index (κ3) is 1.48. The summed E-state index contributed by atoms with van der Waals surface area (Å²) in [6.45, 7) is 4.74. The van der Waals surface area contributed by atoms with Crippen molar-refractivity contribution >= 4 is 21.5 Å². The van der Waals surface area contributed by atoms with Crippen molar-refractivity contribution in [2.75, 3.05) is 0 Å². The maximum absolute atomic E-state index is 2.42. The van der Waals surface area contributed by atoms with Gasteiger partial charge in [0.05, 0.1) is 0 Å². The van der Waals surface area contributed by atoms with E-state index in [1.165, 1.54) is 40.8 Å². The van der Waals surface area contributed by atoms with Crippen molar-refractivity contribution in [1.29, 1.82) is 0 Å². The molecule has 0 saturated carbocycles. The average molecular weight is 260 g/mol. The number of benzene rings is 3. The molecule has 4 rings (SSSR count). The zero-order valence-corrected chi connectivity index (χ0v) is 12.2. The Morgan fingerprint density at radius 2 is 1.70 bits per heavy atom. The van der Waals surface area contributed by atoms with Crippen molar-refractivity contribution < 1.29 is 0 Å². The first-order valence-electron chi connectivity index (χ1n) is 7.67. The van der Waals surface area contributed by atoms with Crippen LogP contribution in [0.5, 0.6) is 0 Å². The molecule has 0 spiro atoms. The SMILES string of the molecule is CC[C@]1(C)CCc2c1ccc1c2ccc2ccccc21. The molecule has 0 heterocycles. The molecule has 0 nitrogen and oxygen atoms in total. The molecule has 20 heavy (non-hydrogen) atoms. The summed E-state index contributed by atoms with van der Waals surface area (Å²) in [4.78, 5) is 0. The van der Waals surface area contributed by atoms with Crippen LogP contribution in [0.1, 0.15) is 37.8 Å². The van der Waals surface area contributed by atoms with Gasteiger partial charge in [-0.3, -0.25) is 0 Å². The van der Waals surface area contributed by atoms with Gasteiger partial charge in [-0.25, -0.2) is 0 Å². The second kappa shape index (κ2) is 4.09. The van der Waals surface area contributed by atoms with Crippen molar-refractivity contribution in [2.24, 2.45) is 0 Å². The van der Waals surface area contributed by atoms with Crippen LogP contribution >= 0.6 is 0 Å². The number of fused-ring (bicyclic) bond motifs is 5. The highest BCUT2D eigenvalue weighted by atomic mass is 14.4. The van der Waals surface area contributed by atoms with Crippen LogP contribution in [-0.2, 0) is 11.8 Å². The normalized spacial score (nSPS) is 21.5. The Hall–Kier alpha value is -1.82. The summed E-state index contributed by atoms with van der Waals surface area (Å²) in [5.41, 5.74) is 3.57. The molecule has 0 unspecified atom stereocenters. The van der Waals surface area contributed by atoms with E-state index in [2.05, 4.69) is 62.4 Å². The largest absolute Gasteiger partial charge is 0.0645 e. The van der Waals surface area contributed by atoms with E-state index in [-0.39, 0.29) is 0 Å². The molecule has 0 amide bonds. The minimum atomic E-state index is 0.384. The smallest absolute Gasteiger partial charge is 0.00718 e. The van der Waals surface area contributed by atoms with E-state index in [0.29, 0.717) is 5.41 Å². The van der Waals surface area contributed by atoms with Gasteiger partial charge in [0, 0.05) is 0 Å². The summed E-state index contributed by atoms with van der Waals surface area (Å²) in [7, 11) is 0. The molecule has 0 heteroatoms. The van der Waals surface area contributed by atoms with Gasteiger partial charge in [0.15, 0.2) is 0 Å². The van der Waals surface area contributed by atoms with E-state index in [9.17, 15) is 0 Å². The number of hydrogen-bond acceptors (Lipinski definition) is 0. The molecule has 0 aromatic heterocycles. The minimum absolute atomic E-state index is 0.384. The predicted octanol–water partition coefficient (Wildman–Crippen LogP) is 5.61. The number of hydrogen-bond donors (Lipinski definition) is 0. The molecule has 3 aromatic carbocycles. The third-order valence-electron chi connectivity index (χ3n) is 5.39. The van der Waals surface area contributed by atoms with Gasteiger partial charge in [0.25, 0.3) is 0 Å². The first-order chi connectivity index (χ1) is 9.73. The third-order valence-corrected chi connectivity index (χ3v) is 5.39. The highest BCUT2D eigenvalue weighted by molar-refractivity contribution is 6.08. The first kappa shape index (κ1) is 12.0. The molecular weight excluding hydrogens is 240 g/mol. The summed E-state index contributed by atoms with van der Waals surface area (Å²) < 4.78 is 0. The van der Waals surface area contributed by atoms with Gasteiger partial charge in [0.1, 0.15) is 0 Å². The summed E-state index contributed by atoms with van der Waals surface area (Å²) in [6, 6.07) is 18.1. The van der Waals surface area contributed by atoms with Crippen LogP contribution in [0.25, 0.3) is 21.5 Å². The standard InChI is InChI=1S/C20H20/c1-3-20(2)13-12-18-17-9-8-14-6-4-5-7-15(14)16(17)10-11-19(18)20/h4-11H,3,12-13H2,1-2H3/t20-/m1/s1. The molecule has 1 atom stereocenters. The first-order valence-corrected chi connectivity index (χ1v) is 7.67. The van der Waals surface area contributed by atoms with Crippen LogP contribution in [-0.4, -0.2) is 0 Å². The summed E-state index contributed by atoms with van der Waals surface area (Å²) in [6.07, 6.45) is 3.76. The Bertz CT molecular complexity index is 813. The zero-order valence-electron chi connectivity index (χ0n) is 12.2. The monoisotopic (exact) mass is 260 g/mol. The lowest BCUT2D eigenvalue weighted by Gasteiger charge is -2.23. The van der Waals surface area contributed by atoms with Crippen molar-refractivity contribution in [2.45, 2.75) is 38.5 Å². The Balaban J connectivity index is 2.09. The highest BCUT2D eigenvalue weighted by Crippen LogP contribution is 2.44. The lowest BCUT2D eigenvalue weighted by atomic mass is 9.81. The fourth-order valence-electron chi connectivity index (χ4n) is 3.89. The number of aryl methyl sites for hydroxylation is 1. The quantitative estimate of drug-likeness (QED) is 0.499. The molecular formula is C20H20. The van der Waals surface area contributed by atoms with Crippen molar-refractivity contribution in [3.05, 3.63) is 59.7 Å². The zero-order chi connectivity index (χ0) is 13.7. The van der Waals surface area contributed by atoms with E-state index in [1.807, 2.05) is 0 Å². The Labute approximate surface area is 120 Å². The van der Waals surface area contributed by atoms with Crippen molar-refractivity contribution in [3.8, 4) is 0 Å². The molecule has 3 aromatic rings. The molecule has 0 fully saturated rings. The molecule has 0 saturated heterocycles. The summed E-state index contributed by atoms with van der Waals surface area (Å²) in [5.74, 6) is 0. The predicted molar refractivity (Wildman–Crippen MR) is 87.4 cm³/mol. The van der Waals surface area contributed by atoms with E-state index in [0.717, 1.165) is 0 Å². The van der Waals surface area contributed by atoms with Crippen LogP contribution in [0.4, 0.5) is 0 Å². The maximum atomic E-state index is 2.42. The molecule has 1 aliphatic carbocycles. The van der Waals surface area contributed by atoms with Gasteiger partial charge in [-0.05, 0) is 57.3 Å². The van der Waals surface area contributed by atoms with Gasteiger partial charge in [0.2, 0.25) is 0 Å². The lowest BCUT2D eigenvalue weighted by molar-refractivity contribution is 0.453. The molecule has 0 radical (unpaired) electrons. The minimum Gasteiger partial charge on any atom is -0.0645 e. The molecule has 0 N–H and O–H groups in total. The summed E-state index contributed by atoms with van der Waals surface area (Å²) in [5, 5.41) is 5.62. The Morgan fingerprint density at radius 1 is 0.900 bits per heavy atom.